The minimum atomic E-state index is 0.957. The molecule has 0 aliphatic carbocycles. The zero-order valence-electron chi connectivity index (χ0n) is 15.2. The van der Waals surface area contributed by atoms with Crippen molar-refractivity contribution in [2.75, 3.05) is 5.32 Å². The van der Waals surface area contributed by atoms with E-state index in [0.717, 1.165) is 11.4 Å². The van der Waals surface area contributed by atoms with E-state index in [1.165, 1.54) is 12.8 Å². The largest absolute Gasteiger partial charge is 0.362 e. The molecule has 0 heterocycles. The van der Waals surface area contributed by atoms with Gasteiger partial charge in [0.1, 0.15) is 0 Å². The smallest absolute Gasteiger partial charge is 0.0629 e. The molecule has 2 heteroatoms. The molecule has 0 aliphatic heterocycles. The monoisotopic (exact) mass is 332 g/mol. The van der Waals surface area contributed by atoms with Gasteiger partial charge in [0.15, 0.2) is 0 Å². The van der Waals surface area contributed by atoms with E-state index < -0.39 is 0 Å². The summed E-state index contributed by atoms with van der Waals surface area (Å²) in [6.45, 7) is 4.36. The lowest BCUT2D eigenvalue weighted by Gasteiger charge is -1.97. The second kappa shape index (κ2) is 14.7. The van der Waals surface area contributed by atoms with Gasteiger partial charge in [-0.05, 0) is 36.4 Å². The van der Waals surface area contributed by atoms with E-state index in [-0.39, 0.29) is 0 Å². The van der Waals surface area contributed by atoms with Crippen LogP contribution in [0.15, 0.2) is 102 Å². The van der Waals surface area contributed by atoms with Crippen molar-refractivity contribution in [1.82, 2.24) is 0 Å². The Kier molecular flexibility index (Phi) is 11.9. The number of para-hydroxylation sites is 2. The van der Waals surface area contributed by atoms with Gasteiger partial charge in [-0.1, -0.05) is 81.3 Å². The van der Waals surface area contributed by atoms with Gasteiger partial charge in [0.2, 0.25) is 0 Å². The first-order valence-corrected chi connectivity index (χ1v) is 8.76. The van der Waals surface area contributed by atoms with Crippen molar-refractivity contribution in [2.45, 2.75) is 26.7 Å². The lowest BCUT2D eigenvalue weighted by Crippen LogP contribution is -1.84. The van der Waals surface area contributed by atoms with Crippen molar-refractivity contribution in [2.24, 2.45) is 4.99 Å². The molecule has 0 unspecified atom stereocenters. The molecule has 0 aromatic heterocycles. The summed E-state index contributed by atoms with van der Waals surface area (Å²) in [5, 5.41) is 3.19. The van der Waals surface area contributed by atoms with E-state index in [4.69, 9.17) is 0 Å². The zero-order valence-corrected chi connectivity index (χ0v) is 15.2. The summed E-state index contributed by atoms with van der Waals surface area (Å²) in [7, 11) is 0. The third kappa shape index (κ3) is 11.3. The van der Waals surface area contributed by atoms with E-state index in [9.17, 15) is 0 Å². The molecule has 0 fully saturated rings. The number of allylic oxidation sites excluding steroid dienone is 5. The highest BCUT2D eigenvalue weighted by atomic mass is 14.8. The van der Waals surface area contributed by atoms with Gasteiger partial charge in [0.25, 0.3) is 0 Å². The molecule has 2 aromatic rings. The van der Waals surface area contributed by atoms with Crippen molar-refractivity contribution in [3.05, 3.63) is 97.2 Å². The second-order valence-electron chi connectivity index (χ2n) is 5.25. The lowest BCUT2D eigenvalue weighted by atomic mass is 10.3. The molecule has 0 atom stereocenters. The first kappa shape index (κ1) is 20.2. The van der Waals surface area contributed by atoms with Gasteiger partial charge in [0, 0.05) is 18.1 Å². The number of rotatable bonds is 7. The minimum absolute atomic E-state index is 0.957. The summed E-state index contributed by atoms with van der Waals surface area (Å²) in [4.78, 5) is 4.30. The van der Waals surface area contributed by atoms with E-state index in [1.807, 2.05) is 97.2 Å². The maximum absolute atomic E-state index is 4.30. The van der Waals surface area contributed by atoms with Gasteiger partial charge in [-0.15, -0.1) is 0 Å². The van der Waals surface area contributed by atoms with Crippen LogP contribution in [0.1, 0.15) is 26.7 Å². The van der Waals surface area contributed by atoms with Gasteiger partial charge in [-0.25, -0.2) is 0 Å². The van der Waals surface area contributed by atoms with Gasteiger partial charge in [0.05, 0.1) is 5.69 Å². The Hall–Kier alpha value is -2.87. The van der Waals surface area contributed by atoms with Gasteiger partial charge < -0.3 is 5.32 Å². The van der Waals surface area contributed by atoms with Crippen LogP contribution in [-0.2, 0) is 0 Å². The number of unbranched alkanes of at least 4 members (excludes halogenated alkanes) is 1. The fourth-order valence-electron chi connectivity index (χ4n) is 1.62. The molecule has 2 rings (SSSR count). The number of nitrogens with one attached hydrogen (secondary N) is 1. The van der Waals surface area contributed by atoms with E-state index >= 15 is 0 Å². The van der Waals surface area contributed by atoms with Gasteiger partial charge in [-0.3, -0.25) is 4.99 Å². The summed E-state index contributed by atoms with van der Waals surface area (Å²) >= 11 is 0. The molecule has 0 amide bonds. The highest BCUT2D eigenvalue weighted by Gasteiger charge is 1.81. The number of aliphatic imine (C=N–C) groups is 1. The van der Waals surface area contributed by atoms with Crippen molar-refractivity contribution >= 4 is 17.6 Å². The Morgan fingerprint density at radius 2 is 1.28 bits per heavy atom. The molecule has 0 saturated carbocycles. The maximum Gasteiger partial charge on any atom is 0.0629 e. The Bertz CT molecular complexity index is 651. The molecule has 0 saturated heterocycles. The second-order valence-corrected chi connectivity index (χ2v) is 5.25. The lowest BCUT2D eigenvalue weighted by molar-refractivity contribution is 0.886. The summed E-state index contributed by atoms with van der Waals surface area (Å²) in [5.74, 6) is 0. The van der Waals surface area contributed by atoms with Crippen LogP contribution in [0.4, 0.5) is 11.4 Å². The van der Waals surface area contributed by atoms with Crippen LogP contribution in [0.25, 0.3) is 0 Å². The SMILES string of the molecule is C(/C=C/C=C/C=C/Nc1ccccc1)=Nc1ccccc1.CCCC. The molecule has 0 radical (unpaired) electrons. The highest BCUT2D eigenvalue weighted by molar-refractivity contribution is 5.74. The van der Waals surface area contributed by atoms with E-state index in [1.54, 1.807) is 6.21 Å². The molecule has 0 bridgehead atoms. The maximum atomic E-state index is 4.30. The standard InChI is InChI=1S/C19H18N2.C4H10/c1(2-10-16-20-18-12-6-4-7-13-18)3-11-17-21-19-14-8-5-9-15-19;1-3-4-2/h1-17,20H;3-4H2,1-2H3/b2-1+,11-3+,16-10+,21-17?;. The number of anilines is 1. The Morgan fingerprint density at radius 3 is 1.92 bits per heavy atom. The number of hydrogen-bond donors (Lipinski definition) is 1. The van der Waals surface area contributed by atoms with Crippen LogP contribution in [0.5, 0.6) is 0 Å². The predicted molar refractivity (Wildman–Crippen MR) is 113 cm³/mol. The first-order chi connectivity index (χ1) is 12.4. The third-order valence-corrected chi connectivity index (χ3v) is 3.13. The van der Waals surface area contributed by atoms with Crippen LogP contribution in [0, 0.1) is 0 Å². The molecule has 0 spiro atoms. The molecular weight excluding hydrogens is 304 g/mol. The molecule has 0 aliphatic rings. The average molecular weight is 332 g/mol. The summed E-state index contributed by atoms with van der Waals surface area (Å²) in [6, 6.07) is 19.9. The van der Waals surface area contributed by atoms with E-state index in [0.29, 0.717) is 0 Å². The van der Waals surface area contributed by atoms with Crippen molar-refractivity contribution in [1.29, 1.82) is 0 Å². The molecule has 2 aromatic carbocycles. The quantitative estimate of drug-likeness (QED) is 0.431. The van der Waals surface area contributed by atoms with Crippen LogP contribution in [0.3, 0.4) is 0 Å². The molecule has 1 N–H and O–H groups in total. The fourth-order valence-corrected chi connectivity index (χ4v) is 1.62. The normalized spacial score (nSPS) is 11.3. The van der Waals surface area contributed by atoms with Crippen LogP contribution in [-0.4, -0.2) is 6.21 Å². The Morgan fingerprint density at radius 1 is 0.720 bits per heavy atom. The Balaban J connectivity index is 0.000000705. The first-order valence-electron chi connectivity index (χ1n) is 8.76. The van der Waals surface area contributed by atoms with Gasteiger partial charge in [-0.2, -0.15) is 0 Å². The number of nitrogens with zero attached hydrogens (tertiary/aromatic N) is 1. The zero-order chi connectivity index (χ0) is 18.0. The van der Waals surface area contributed by atoms with Crippen LogP contribution >= 0.6 is 0 Å². The van der Waals surface area contributed by atoms with Crippen molar-refractivity contribution in [3.8, 4) is 0 Å². The molecular formula is C23H28N2. The van der Waals surface area contributed by atoms with Gasteiger partial charge >= 0.3 is 0 Å². The Labute approximate surface area is 152 Å². The predicted octanol–water partition coefficient (Wildman–Crippen LogP) is 6.93. The van der Waals surface area contributed by atoms with Crippen molar-refractivity contribution < 1.29 is 0 Å². The van der Waals surface area contributed by atoms with Crippen molar-refractivity contribution in [3.63, 3.8) is 0 Å². The molecule has 25 heavy (non-hydrogen) atoms. The topological polar surface area (TPSA) is 24.4 Å². The minimum Gasteiger partial charge on any atom is -0.362 e. The number of benzene rings is 2. The summed E-state index contributed by atoms with van der Waals surface area (Å²) in [6.07, 6.45) is 16.0. The van der Waals surface area contributed by atoms with E-state index in [2.05, 4.69) is 24.2 Å². The summed E-state index contributed by atoms with van der Waals surface area (Å²) < 4.78 is 0. The molecule has 130 valence electrons. The van der Waals surface area contributed by atoms with Crippen LogP contribution < -0.4 is 5.32 Å². The highest BCUT2D eigenvalue weighted by Crippen LogP contribution is 2.08. The molecule has 2 nitrogen and oxygen atoms in total. The fraction of sp³-hybridized carbons (Fsp3) is 0.174. The summed E-state index contributed by atoms with van der Waals surface area (Å²) in [5.41, 5.74) is 2.03. The van der Waals surface area contributed by atoms with Crippen LogP contribution in [0.2, 0.25) is 0 Å². The third-order valence-electron chi connectivity index (χ3n) is 3.13. The number of hydrogen-bond acceptors (Lipinski definition) is 2. The average Bonchev–Trinajstić information content (AvgIpc) is 2.68.